The number of ether oxygens (including phenoxy) is 1. The van der Waals surface area contributed by atoms with E-state index >= 15 is 0 Å². The van der Waals surface area contributed by atoms with Crippen LogP contribution in [0.5, 0.6) is 0 Å². The van der Waals surface area contributed by atoms with E-state index in [4.69, 9.17) is 0 Å². The van der Waals surface area contributed by atoms with Crippen molar-refractivity contribution in [2.75, 3.05) is 12.9 Å². The minimum Gasteiger partial charge on any atom is -0.469 e. The topological polar surface area (TPSA) is 56.3 Å². The van der Waals surface area contributed by atoms with E-state index in [1.165, 1.54) is 18.9 Å². The number of carbonyl (C=O) groups excluding carboxylic acids is 2. The predicted octanol–water partition coefficient (Wildman–Crippen LogP) is 2.07. The number of nitrogens with zero attached hydrogens (tertiary/aromatic N) is 1. The summed E-state index contributed by atoms with van der Waals surface area (Å²) in [6.45, 7) is 0. The first kappa shape index (κ1) is 13.2. The third kappa shape index (κ3) is 4.76. The number of thioether (sulfide) groups is 1. The van der Waals surface area contributed by atoms with Crippen molar-refractivity contribution in [1.82, 2.24) is 4.98 Å². The van der Waals surface area contributed by atoms with Crippen molar-refractivity contribution in [1.29, 1.82) is 0 Å². The summed E-state index contributed by atoms with van der Waals surface area (Å²) >= 11 is 4.63. The van der Waals surface area contributed by atoms with E-state index in [0.29, 0.717) is 0 Å². The second-order valence-electron chi connectivity index (χ2n) is 2.92. The third-order valence-corrected chi connectivity index (χ3v) is 3.11. The molecule has 0 saturated carbocycles. The number of esters is 1. The molecular formula is C10H10BrNO3S. The van der Waals surface area contributed by atoms with Gasteiger partial charge >= 0.3 is 5.97 Å². The van der Waals surface area contributed by atoms with Crippen molar-refractivity contribution in [3.05, 3.63) is 22.9 Å². The minimum absolute atomic E-state index is 0.156. The highest BCUT2D eigenvalue weighted by Gasteiger charge is 2.09. The van der Waals surface area contributed by atoms with E-state index < -0.39 is 5.97 Å². The number of rotatable bonds is 5. The highest BCUT2D eigenvalue weighted by molar-refractivity contribution is 9.10. The number of Topliss-reactive ketones (excluding diaryl/α,β-unsaturated/α-hetero) is 1. The molecule has 1 aromatic heterocycles. The SMILES string of the molecule is COC(=O)CC(=O)CSc1cncc(Br)c1. The fourth-order valence-electron chi connectivity index (χ4n) is 0.919. The molecule has 0 aliphatic heterocycles. The summed E-state index contributed by atoms with van der Waals surface area (Å²) in [4.78, 5) is 27.0. The van der Waals surface area contributed by atoms with E-state index in [0.717, 1.165) is 9.37 Å². The molecule has 0 unspecified atom stereocenters. The molecule has 6 heteroatoms. The molecule has 0 atom stereocenters. The van der Waals surface area contributed by atoms with Crippen LogP contribution in [0.25, 0.3) is 0 Å². The number of carbonyl (C=O) groups is 2. The van der Waals surface area contributed by atoms with Gasteiger partial charge in [0.2, 0.25) is 0 Å². The fraction of sp³-hybridized carbons (Fsp3) is 0.300. The van der Waals surface area contributed by atoms with Gasteiger partial charge in [0.1, 0.15) is 6.42 Å². The lowest BCUT2D eigenvalue weighted by Crippen LogP contribution is -2.10. The molecule has 0 aliphatic rings. The quantitative estimate of drug-likeness (QED) is 0.473. The van der Waals surface area contributed by atoms with Gasteiger partial charge in [-0.1, -0.05) is 0 Å². The molecule has 0 aliphatic carbocycles. The second-order valence-corrected chi connectivity index (χ2v) is 4.88. The van der Waals surface area contributed by atoms with Crippen molar-refractivity contribution < 1.29 is 14.3 Å². The lowest BCUT2D eigenvalue weighted by Gasteiger charge is -2.00. The molecule has 1 heterocycles. The number of methoxy groups -OCH3 is 1. The Morgan fingerprint density at radius 1 is 1.50 bits per heavy atom. The Labute approximate surface area is 106 Å². The number of hydrogen-bond donors (Lipinski definition) is 0. The summed E-state index contributed by atoms with van der Waals surface area (Å²) in [5.74, 6) is -0.414. The van der Waals surface area contributed by atoms with Crippen LogP contribution >= 0.6 is 27.7 Å². The fourth-order valence-corrected chi connectivity index (χ4v) is 2.21. The zero-order valence-electron chi connectivity index (χ0n) is 8.60. The number of halogens is 1. The molecule has 0 amide bonds. The maximum absolute atomic E-state index is 11.3. The van der Waals surface area contributed by atoms with E-state index in [1.54, 1.807) is 12.4 Å². The maximum atomic E-state index is 11.3. The van der Waals surface area contributed by atoms with Gasteiger partial charge in [-0.25, -0.2) is 0 Å². The lowest BCUT2D eigenvalue weighted by atomic mass is 10.3. The second kappa shape index (κ2) is 6.65. The maximum Gasteiger partial charge on any atom is 0.313 e. The molecule has 0 radical (unpaired) electrons. The monoisotopic (exact) mass is 303 g/mol. The highest BCUT2D eigenvalue weighted by atomic mass is 79.9. The molecule has 0 saturated heterocycles. The summed E-state index contributed by atoms with van der Waals surface area (Å²) in [7, 11) is 1.26. The van der Waals surface area contributed by atoms with Gasteiger partial charge in [-0.15, -0.1) is 11.8 Å². The first-order chi connectivity index (χ1) is 7.61. The van der Waals surface area contributed by atoms with Crippen LogP contribution in [0.2, 0.25) is 0 Å². The van der Waals surface area contributed by atoms with Crippen LogP contribution < -0.4 is 0 Å². The predicted molar refractivity (Wildman–Crippen MR) is 64.3 cm³/mol. The van der Waals surface area contributed by atoms with Crippen LogP contribution in [0.1, 0.15) is 6.42 Å². The van der Waals surface area contributed by atoms with Gasteiger partial charge in [0.05, 0.1) is 12.9 Å². The highest BCUT2D eigenvalue weighted by Crippen LogP contribution is 2.20. The molecule has 0 N–H and O–H groups in total. The summed E-state index contributed by atoms with van der Waals surface area (Å²) in [6.07, 6.45) is 3.16. The smallest absolute Gasteiger partial charge is 0.313 e. The van der Waals surface area contributed by atoms with Gasteiger partial charge in [-0.2, -0.15) is 0 Å². The molecule has 16 heavy (non-hydrogen) atoms. The van der Waals surface area contributed by atoms with Gasteiger partial charge < -0.3 is 4.74 Å². The molecule has 4 nitrogen and oxygen atoms in total. The lowest BCUT2D eigenvalue weighted by molar-refractivity contribution is -0.142. The summed E-state index contributed by atoms with van der Waals surface area (Å²) < 4.78 is 5.26. The van der Waals surface area contributed by atoms with Gasteiger partial charge in [0.25, 0.3) is 0 Å². The van der Waals surface area contributed by atoms with E-state index in [9.17, 15) is 9.59 Å². The Morgan fingerprint density at radius 2 is 2.25 bits per heavy atom. The Kier molecular flexibility index (Phi) is 5.48. The third-order valence-electron chi connectivity index (χ3n) is 1.65. The summed E-state index contributed by atoms with van der Waals surface area (Å²) in [5.41, 5.74) is 0. The summed E-state index contributed by atoms with van der Waals surface area (Å²) in [5, 5.41) is 0. The van der Waals surface area contributed by atoms with E-state index in [2.05, 4.69) is 25.7 Å². The van der Waals surface area contributed by atoms with Crippen LogP contribution in [-0.2, 0) is 14.3 Å². The molecule has 0 bridgehead atoms. The molecule has 0 aromatic carbocycles. The number of ketones is 1. The van der Waals surface area contributed by atoms with Crippen LogP contribution in [0.4, 0.5) is 0 Å². The van der Waals surface area contributed by atoms with Crippen molar-refractivity contribution >= 4 is 39.4 Å². The standard InChI is InChI=1S/C10H10BrNO3S/c1-15-10(14)3-8(13)6-16-9-2-7(11)4-12-5-9/h2,4-5H,3,6H2,1H3. The van der Waals surface area contributed by atoms with Crippen molar-refractivity contribution in [2.24, 2.45) is 0 Å². The van der Waals surface area contributed by atoms with Gasteiger partial charge in [-0.3, -0.25) is 14.6 Å². The number of aromatic nitrogens is 1. The molecule has 1 rings (SSSR count). The van der Waals surface area contributed by atoms with Gasteiger partial charge in [0, 0.05) is 21.8 Å². The number of pyridine rings is 1. The Bertz CT molecular complexity index is 397. The van der Waals surface area contributed by atoms with E-state index in [1.807, 2.05) is 6.07 Å². The molecular weight excluding hydrogens is 294 g/mol. The van der Waals surface area contributed by atoms with Gasteiger partial charge in [0.15, 0.2) is 5.78 Å². The molecule has 0 fully saturated rings. The van der Waals surface area contributed by atoms with Crippen LogP contribution in [-0.4, -0.2) is 29.6 Å². The van der Waals surface area contributed by atoms with Crippen molar-refractivity contribution in [3.63, 3.8) is 0 Å². The van der Waals surface area contributed by atoms with E-state index in [-0.39, 0.29) is 18.0 Å². The zero-order chi connectivity index (χ0) is 12.0. The van der Waals surface area contributed by atoms with Crippen LogP contribution in [0.15, 0.2) is 27.8 Å². The Morgan fingerprint density at radius 3 is 2.88 bits per heavy atom. The zero-order valence-corrected chi connectivity index (χ0v) is 11.0. The van der Waals surface area contributed by atoms with Crippen LogP contribution in [0.3, 0.4) is 0 Å². The normalized spacial score (nSPS) is 9.88. The van der Waals surface area contributed by atoms with Crippen molar-refractivity contribution in [3.8, 4) is 0 Å². The average molecular weight is 304 g/mol. The Balaban J connectivity index is 2.40. The number of hydrogen-bond acceptors (Lipinski definition) is 5. The van der Waals surface area contributed by atoms with Crippen LogP contribution in [0, 0.1) is 0 Å². The Hall–Kier alpha value is -0.880. The average Bonchev–Trinajstić information content (AvgIpc) is 2.26. The molecule has 1 aromatic rings. The first-order valence-corrected chi connectivity index (χ1v) is 6.21. The van der Waals surface area contributed by atoms with Gasteiger partial charge in [-0.05, 0) is 22.0 Å². The molecule has 86 valence electrons. The first-order valence-electron chi connectivity index (χ1n) is 4.43. The summed E-state index contributed by atoms with van der Waals surface area (Å²) in [6, 6.07) is 1.86. The molecule has 0 spiro atoms. The minimum atomic E-state index is -0.502. The van der Waals surface area contributed by atoms with Crippen molar-refractivity contribution in [2.45, 2.75) is 11.3 Å². The largest absolute Gasteiger partial charge is 0.469 e.